The molecule has 0 radical (unpaired) electrons. The third-order valence-electron chi connectivity index (χ3n) is 8.69. The summed E-state index contributed by atoms with van der Waals surface area (Å²) in [5, 5.41) is 16.4. The smallest absolute Gasteiger partial charge is 0.347 e. The lowest BCUT2D eigenvalue weighted by Gasteiger charge is -2.18. The lowest BCUT2D eigenvalue weighted by molar-refractivity contribution is 0.0701. The topological polar surface area (TPSA) is 102 Å². The van der Waals surface area contributed by atoms with Gasteiger partial charge in [0.15, 0.2) is 5.13 Å². The number of thiazole rings is 1. The van der Waals surface area contributed by atoms with E-state index >= 15 is 0 Å². The van der Waals surface area contributed by atoms with Crippen molar-refractivity contribution in [2.24, 2.45) is 7.05 Å². The lowest BCUT2D eigenvalue weighted by Crippen LogP contribution is -2.31. The standard InChI is InChI=1S/C34H36ClN5O4S/c1-18-10-11-25-24(9-7-14-44-23-15-19(2)29(35)20(3)16-23)31-32(41)40(34-36-17-26(45-34)33(42)43)13-8-12-39(31)30(25)27(18)28-21(4)37-38(6)22(28)5/h10-11,15-17H,7-9,12-14H2,1-6H3,(H,42,43). The molecular weight excluding hydrogens is 610 g/mol. The maximum Gasteiger partial charge on any atom is 0.347 e. The van der Waals surface area contributed by atoms with Crippen molar-refractivity contribution in [2.45, 2.75) is 60.4 Å². The van der Waals surface area contributed by atoms with E-state index in [1.807, 2.05) is 44.6 Å². The fraction of sp³-hybridized carbons (Fsp3) is 0.353. The molecule has 5 aromatic rings. The van der Waals surface area contributed by atoms with E-state index in [-0.39, 0.29) is 10.8 Å². The quantitative estimate of drug-likeness (QED) is 0.176. The normalized spacial score (nSPS) is 13.4. The Hall–Kier alpha value is -4.15. The number of aromatic nitrogens is 4. The van der Waals surface area contributed by atoms with E-state index in [4.69, 9.17) is 21.4 Å². The van der Waals surface area contributed by atoms with E-state index in [9.17, 15) is 14.7 Å². The molecule has 11 heteroatoms. The number of halogens is 1. The number of aryl methyl sites for hydroxylation is 7. The van der Waals surface area contributed by atoms with Crippen LogP contribution in [0.5, 0.6) is 5.75 Å². The number of carbonyl (C=O) groups is 2. The highest BCUT2D eigenvalue weighted by atomic mass is 35.5. The summed E-state index contributed by atoms with van der Waals surface area (Å²) in [6, 6.07) is 8.15. The zero-order valence-corrected chi connectivity index (χ0v) is 27.9. The van der Waals surface area contributed by atoms with Crippen molar-refractivity contribution >= 4 is 50.8 Å². The molecule has 0 spiro atoms. The Morgan fingerprint density at radius 3 is 2.44 bits per heavy atom. The first-order valence-corrected chi connectivity index (χ1v) is 16.2. The molecule has 0 unspecified atom stereocenters. The fourth-order valence-electron chi connectivity index (χ4n) is 6.51. The minimum atomic E-state index is -1.05. The van der Waals surface area contributed by atoms with Crippen LogP contribution in [0.1, 0.15) is 66.6 Å². The van der Waals surface area contributed by atoms with E-state index in [0.717, 1.165) is 77.8 Å². The average molecular weight is 646 g/mol. The molecule has 1 amide bonds. The summed E-state index contributed by atoms with van der Waals surface area (Å²) in [4.78, 5) is 32.2. The number of fused-ring (bicyclic) bond motifs is 3. The second-order valence-electron chi connectivity index (χ2n) is 11.7. The second-order valence-corrected chi connectivity index (χ2v) is 13.1. The fourth-order valence-corrected chi connectivity index (χ4v) is 7.39. The molecule has 4 heterocycles. The first-order chi connectivity index (χ1) is 21.5. The largest absolute Gasteiger partial charge is 0.494 e. The molecule has 1 aliphatic rings. The van der Waals surface area contributed by atoms with Crippen molar-refractivity contribution in [3.8, 4) is 16.9 Å². The summed E-state index contributed by atoms with van der Waals surface area (Å²) in [6.45, 7) is 11.7. The van der Waals surface area contributed by atoms with Crippen LogP contribution >= 0.6 is 22.9 Å². The van der Waals surface area contributed by atoms with Gasteiger partial charge in [-0.15, -0.1) is 0 Å². The number of aromatic carboxylic acids is 1. The van der Waals surface area contributed by atoms with Gasteiger partial charge < -0.3 is 14.4 Å². The minimum Gasteiger partial charge on any atom is -0.494 e. The third kappa shape index (κ3) is 5.40. The van der Waals surface area contributed by atoms with Gasteiger partial charge >= 0.3 is 5.97 Å². The van der Waals surface area contributed by atoms with Gasteiger partial charge in [-0.3, -0.25) is 14.4 Å². The highest BCUT2D eigenvalue weighted by molar-refractivity contribution is 7.17. The van der Waals surface area contributed by atoms with Crippen LogP contribution in [0.25, 0.3) is 22.0 Å². The molecule has 6 rings (SSSR count). The Morgan fingerprint density at radius 1 is 1.07 bits per heavy atom. The van der Waals surface area contributed by atoms with Crippen molar-refractivity contribution < 1.29 is 19.4 Å². The van der Waals surface area contributed by atoms with Gasteiger partial charge in [0.1, 0.15) is 16.3 Å². The van der Waals surface area contributed by atoms with Crippen LogP contribution in [0.3, 0.4) is 0 Å². The Morgan fingerprint density at radius 2 is 1.80 bits per heavy atom. The summed E-state index contributed by atoms with van der Waals surface area (Å²) < 4.78 is 10.2. The minimum absolute atomic E-state index is 0.105. The number of carboxylic acids is 1. The Balaban J connectivity index is 1.46. The molecule has 0 saturated heterocycles. The van der Waals surface area contributed by atoms with Gasteiger partial charge in [0.05, 0.1) is 24.0 Å². The average Bonchev–Trinajstić information content (AvgIpc) is 3.63. The summed E-state index contributed by atoms with van der Waals surface area (Å²) in [6.07, 6.45) is 3.33. The Bertz CT molecular complexity index is 1960. The van der Waals surface area contributed by atoms with E-state index in [0.29, 0.717) is 49.8 Å². The number of benzene rings is 2. The molecule has 9 nitrogen and oxygen atoms in total. The van der Waals surface area contributed by atoms with Crippen LogP contribution in [-0.4, -0.2) is 49.5 Å². The van der Waals surface area contributed by atoms with Crippen LogP contribution in [0, 0.1) is 34.6 Å². The number of hydrogen-bond donors (Lipinski definition) is 1. The number of carboxylic acid groups (broad SMARTS) is 1. The predicted molar refractivity (Wildman–Crippen MR) is 178 cm³/mol. The van der Waals surface area contributed by atoms with Crippen LogP contribution in [0.2, 0.25) is 5.02 Å². The molecule has 1 N–H and O–H groups in total. The number of rotatable bonds is 8. The number of anilines is 1. The number of nitrogens with zero attached hydrogens (tertiary/aromatic N) is 5. The lowest BCUT2D eigenvalue weighted by atomic mass is 9.94. The van der Waals surface area contributed by atoms with Gasteiger partial charge in [-0.1, -0.05) is 35.1 Å². The molecule has 45 heavy (non-hydrogen) atoms. The van der Waals surface area contributed by atoms with Gasteiger partial charge in [-0.25, -0.2) is 9.78 Å². The predicted octanol–water partition coefficient (Wildman–Crippen LogP) is 7.45. The molecule has 0 bridgehead atoms. The first-order valence-electron chi connectivity index (χ1n) is 15.0. The van der Waals surface area contributed by atoms with Crippen LogP contribution in [-0.2, 0) is 20.0 Å². The van der Waals surface area contributed by atoms with Gasteiger partial charge in [0.25, 0.3) is 5.91 Å². The zero-order valence-electron chi connectivity index (χ0n) is 26.3. The Labute approximate surface area is 271 Å². The maximum atomic E-state index is 14.5. The maximum absolute atomic E-state index is 14.5. The van der Waals surface area contributed by atoms with Gasteiger partial charge in [-0.05, 0) is 88.3 Å². The Kier molecular flexibility index (Phi) is 8.22. The molecule has 0 atom stereocenters. The molecule has 3 aromatic heterocycles. The summed E-state index contributed by atoms with van der Waals surface area (Å²) >= 11 is 7.38. The highest BCUT2D eigenvalue weighted by Crippen LogP contribution is 2.41. The van der Waals surface area contributed by atoms with E-state index in [2.05, 4.69) is 35.5 Å². The summed E-state index contributed by atoms with van der Waals surface area (Å²) in [5.74, 6) is -0.446. The number of carbonyl (C=O) groups excluding carboxylic acids is 1. The highest BCUT2D eigenvalue weighted by Gasteiger charge is 2.33. The SMILES string of the molecule is Cc1cc(OCCCc2c3n(c4c(-c5c(C)nn(C)c5C)c(C)ccc24)CCCN(c2ncc(C(=O)O)s2)C3=O)cc(C)c1Cl. The zero-order chi connectivity index (χ0) is 32.2. The van der Waals surface area contributed by atoms with Crippen molar-refractivity contribution in [3.05, 3.63) is 79.7 Å². The molecule has 1 aliphatic heterocycles. The van der Waals surface area contributed by atoms with Gasteiger partial charge in [-0.2, -0.15) is 5.10 Å². The van der Waals surface area contributed by atoms with E-state index in [1.54, 1.807) is 4.90 Å². The molecule has 234 valence electrons. The first kappa shape index (κ1) is 30.9. The van der Waals surface area contributed by atoms with Crippen molar-refractivity contribution in [2.75, 3.05) is 18.1 Å². The monoisotopic (exact) mass is 645 g/mol. The van der Waals surface area contributed by atoms with Gasteiger partial charge in [0.2, 0.25) is 0 Å². The van der Waals surface area contributed by atoms with Gasteiger partial charge in [0, 0.05) is 47.4 Å². The van der Waals surface area contributed by atoms with Crippen molar-refractivity contribution in [1.29, 1.82) is 0 Å². The van der Waals surface area contributed by atoms with Crippen LogP contribution in [0.4, 0.5) is 5.13 Å². The third-order valence-corrected chi connectivity index (χ3v) is 10.3. The molecule has 0 fully saturated rings. The van der Waals surface area contributed by atoms with Crippen LogP contribution in [0.15, 0.2) is 30.5 Å². The molecule has 0 aliphatic carbocycles. The van der Waals surface area contributed by atoms with Crippen molar-refractivity contribution in [1.82, 2.24) is 19.3 Å². The summed E-state index contributed by atoms with van der Waals surface area (Å²) in [7, 11) is 1.95. The van der Waals surface area contributed by atoms with Crippen molar-refractivity contribution in [3.63, 3.8) is 0 Å². The number of hydrogen-bond acceptors (Lipinski definition) is 6. The second kappa shape index (κ2) is 12.0. The van der Waals surface area contributed by atoms with E-state index in [1.165, 1.54) is 6.20 Å². The summed E-state index contributed by atoms with van der Waals surface area (Å²) in [5.41, 5.74) is 9.86. The molecule has 2 aromatic carbocycles. The number of ether oxygens (including phenoxy) is 1. The van der Waals surface area contributed by atoms with E-state index < -0.39 is 5.97 Å². The number of amides is 1. The molecule has 0 saturated carbocycles. The molecular formula is C34H36ClN5O4S. The van der Waals surface area contributed by atoms with Crippen LogP contribution < -0.4 is 9.64 Å².